The van der Waals surface area contributed by atoms with Crippen molar-refractivity contribution < 1.29 is 19.2 Å². The Hall–Kier alpha value is -1.39. The van der Waals surface area contributed by atoms with Gasteiger partial charge in [-0.15, -0.1) is 0 Å². The molecule has 116 valence electrons. The lowest BCUT2D eigenvalue weighted by atomic mass is 10.1. The fourth-order valence-corrected chi connectivity index (χ4v) is 1.72. The van der Waals surface area contributed by atoms with Gasteiger partial charge in [-0.1, -0.05) is 50.6 Å². The van der Waals surface area contributed by atoms with Crippen LogP contribution < -0.4 is 0 Å². The Kier molecular flexibility index (Phi) is 13.1. The second-order valence-electron chi connectivity index (χ2n) is 4.75. The van der Waals surface area contributed by atoms with Crippen LogP contribution in [0.4, 0.5) is 0 Å². The first kappa shape index (κ1) is 18.6. The Labute approximate surface area is 121 Å². The maximum Gasteiger partial charge on any atom is 0.346 e. The van der Waals surface area contributed by atoms with Crippen molar-refractivity contribution in [2.75, 3.05) is 13.7 Å². The zero-order valence-electron chi connectivity index (χ0n) is 12.7. The highest BCUT2D eigenvalue weighted by Crippen LogP contribution is 2.08. The molecule has 0 N–H and O–H groups in total. The number of esters is 1. The van der Waals surface area contributed by atoms with E-state index >= 15 is 0 Å². The summed E-state index contributed by atoms with van der Waals surface area (Å²) < 4.78 is 4.37. The monoisotopic (exact) mass is 285 g/mol. The quantitative estimate of drug-likeness (QED) is 0.225. The topological polar surface area (TPSA) is 65.0 Å². The molecule has 5 nitrogen and oxygen atoms in total. The number of oxime groups is 1. The summed E-state index contributed by atoms with van der Waals surface area (Å²) in [5.74, 6) is -0.333. The summed E-state index contributed by atoms with van der Waals surface area (Å²) in [6.45, 7) is 1.98. The lowest BCUT2D eigenvalue weighted by molar-refractivity contribution is -0.145. The van der Waals surface area contributed by atoms with Crippen molar-refractivity contribution in [3.05, 3.63) is 0 Å². The van der Waals surface area contributed by atoms with Crippen molar-refractivity contribution in [1.82, 2.24) is 0 Å². The third-order valence-electron chi connectivity index (χ3n) is 2.94. The number of rotatable bonds is 13. The van der Waals surface area contributed by atoms with Crippen LogP contribution in [0.15, 0.2) is 5.16 Å². The van der Waals surface area contributed by atoms with Gasteiger partial charge in [0.2, 0.25) is 6.61 Å². The average molecular weight is 285 g/mol. The van der Waals surface area contributed by atoms with Gasteiger partial charge >= 0.3 is 5.97 Å². The minimum atomic E-state index is -0.489. The first-order valence-corrected chi connectivity index (χ1v) is 7.43. The number of hydrogen-bond donors (Lipinski definition) is 0. The fraction of sp³-hybridized carbons (Fsp3) is 0.800. The van der Waals surface area contributed by atoms with Crippen molar-refractivity contribution in [3.8, 4) is 0 Å². The van der Waals surface area contributed by atoms with E-state index in [1.54, 1.807) is 0 Å². The third kappa shape index (κ3) is 13.1. The highest BCUT2D eigenvalue weighted by Gasteiger charge is 2.01. The van der Waals surface area contributed by atoms with Crippen molar-refractivity contribution in [2.45, 2.75) is 64.7 Å². The normalized spacial score (nSPS) is 10.7. The van der Waals surface area contributed by atoms with Gasteiger partial charge in [0, 0.05) is 12.8 Å². The predicted molar refractivity (Wildman–Crippen MR) is 78.7 cm³/mol. The molecular formula is C15H27NO4. The van der Waals surface area contributed by atoms with Crippen LogP contribution in [0.2, 0.25) is 0 Å². The van der Waals surface area contributed by atoms with Gasteiger partial charge in [0.1, 0.15) is 5.78 Å². The standard InChI is InChI=1S/C15H27NO4/c1-3-4-5-6-7-8-9-10-14(17)11-12-16-20-13-15(18)19-2/h12H,3-11,13H2,1-2H3/b16-12+. The van der Waals surface area contributed by atoms with Gasteiger partial charge in [0.25, 0.3) is 0 Å². The van der Waals surface area contributed by atoms with E-state index < -0.39 is 5.97 Å². The molecule has 0 saturated carbocycles. The minimum absolute atomic E-state index is 0.156. The van der Waals surface area contributed by atoms with Crippen LogP contribution in [0, 0.1) is 0 Å². The maximum atomic E-state index is 11.5. The van der Waals surface area contributed by atoms with E-state index in [9.17, 15) is 9.59 Å². The van der Waals surface area contributed by atoms with Gasteiger partial charge < -0.3 is 9.57 Å². The van der Waals surface area contributed by atoms with Gasteiger partial charge in [-0.05, 0) is 6.42 Å². The SMILES string of the molecule is CCCCCCCCCC(=O)C/C=N/OCC(=O)OC. The second-order valence-corrected chi connectivity index (χ2v) is 4.75. The number of ether oxygens (including phenoxy) is 1. The number of methoxy groups -OCH3 is 1. The summed E-state index contributed by atoms with van der Waals surface area (Å²) in [4.78, 5) is 26.8. The predicted octanol–water partition coefficient (Wildman–Crippen LogP) is 3.26. The Balaban J connectivity index is 3.36. The number of hydrogen-bond acceptors (Lipinski definition) is 5. The van der Waals surface area contributed by atoms with Gasteiger partial charge in [-0.3, -0.25) is 4.79 Å². The molecule has 20 heavy (non-hydrogen) atoms. The van der Waals surface area contributed by atoms with Gasteiger partial charge in [-0.25, -0.2) is 4.79 Å². The maximum absolute atomic E-state index is 11.5. The summed E-state index contributed by atoms with van der Waals surface area (Å²) in [5.41, 5.74) is 0. The Morgan fingerprint density at radius 1 is 1.05 bits per heavy atom. The molecule has 0 fully saturated rings. The molecule has 0 aliphatic carbocycles. The van der Waals surface area contributed by atoms with Gasteiger partial charge in [0.15, 0.2) is 0 Å². The van der Waals surface area contributed by atoms with Crippen molar-refractivity contribution in [2.24, 2.45) is 5.16 Å². The molecule has 0 amide bonds. The van der Waals surface area contributed by atoms with Crippen LogP contribution in [0.1, 0.15) is 64.7 Å². The highest BCUT2D eigenvalue weighted by molar-refractivity contribution is 5.91. The summed E-state index contributed by atoms with van der Waals surface area (Å²) in [6, 6.07) is 0. The largest absolute Gasteiger partial charge is 0.466 e. The van der Waals surface area contributed by atoms with E-state index in [2.05, 4.69) is 21.7 Å². The van der Waals surface area contributed by atoms with E-state index in [0.29, 0.717) is 6.42 Å². The molecule has 0 unspecified atom stereocenters. The lowest BCUT2D eigenvalue weighted by Gasteiger charge is -2.00. The number of nitrogens with zero attached hydrogens (tertiary/aromatic N) is 1. The first-order valence-electron chi connectivity index (χ1n) is 7.43. The lowest BCUT2D eigenvalue weighted by Crippen LogP contribution is -2.07. The fourth-order valence-electron chi connectivity index (χ4n) is 1.72. The zero-order valence-corrected chi connectivity index (χ0v) is 12.7. The molecule has 0 heterocycles. The van der Waals surface area contributed by atoms with Crippen LogP contribution in [-0.4, -0.2) is 31.7 Å². The number of Topliss-reactive ketones (excluding diaryl/α,β-unsaturated/α-hetero) is 1. The number of unbranched alkanes of at least 4 members (excludes halogenated alkanes) is 6. The molecule has 0 spiro atoms. The van der Waals surface area contributed by atoms with E-state index in [1.807, 2.05) is 0 Å². The van der Waals surface area contributed by atoms with Gasteiger partial charge in [-0.2, -0.15) is 0 Å². The molecule has 5 heteroatoms. The first-order chi connectivity index (χ1) is 9.70. The van der Waals surface area contributed by atoms with Crippen LogP contribution >= 0.6 is 0 Å². The van der Waals surface area contributed by atoms with E-state index in [4.69, 9.17) is 0 Å². The molecule has 0 aromatic carbocycles. The Morgan fingerprint density at radius 3 is 2.35 bits per heavy atom. The summed E-state index contributed by atoms with van der Waals surface area (Å²) in [7, 11) is 1.28. The van der Waals surface area contributed by atoms with Crippen LogP contribution in [0.3, 0.4) is 0 Å². The Bertz CT molecular complexity index is 290. The molecular weight excluding hydrogens is 258 g/mol. The van der Waals surface area contributed by atoms with E-state index in [0.717, 1.165) is 12.8 Å². The number of carbonyl (C=O) groups is 2. The average Bonchev–Trinajstić information content (AvgIpc) is 2.45. The molecule has 0 aliphatic rings. The highest BCUT2D eigenvalue weighted by atomic mass is 16.6. The summed E-state index contributed by atoms with van der Waals surface area (Å²) in [5, 5.41) is 3.53. The number of carbonyl (C=O) groups excluding carboxylic acids is 2. The number of ketones is 1. The van der Waals surface area contributed by atoms with Crippen molar-refractivity contribution in [1.29, 1.82) is 0 Å². The second kappa shape index (κ2) is 14.0. The molecule has 0 saturated heterocycles. The molecule has 0 aliphatic heterocycles. The summed E-state index contributed by atoms with van der Waals surface area (Å²) >= 11 is 0. The van der Waals surface area contributed by atoms with Gasteiger partial charge in [0.05, 0.1) is 13.3 Å². The van der Waals surface area contributed by atoms with Crippen molar-refractivity contribution >= 4 is 18.0 Å². The molecule has 0 aromatic rings. The zero-order chi connectivity index (χ0) is 15.1. The molecule has 0 atom stereocenters. The minimum Gasteiger partial charge on any atom is -0.466 e. The van der Waals surface area contributed by atoms with E-state index in [-0.39, 0.29) is 18.8 Å². The van der Waals surface area contributed by atoms with Crippen LogP contribution in [0.5, 0.6) is 0 Å². The Morgan fingerprint density at radius 2 is 1.70 bits per heavy atom. The molecule has 0 rings (SSSR count). The summed E-state index contributed by atoms with van der Waals surface area (Å²) in [6.07, 6.45) is 10.7. The van der Waals surface area contributed by atoms with E-state index in [1.165, 1.54) is 45.4 Å². The van der Waals surface area contributed by atoms with Crippen molar-refractivity contribution in [3.63, 3.8) is 0 Å². The molecule has 0 radical (unpaired) electrons. The smallest absolute Gasteiger partial charge is 0.346 e. The third-order valence-corrected chi connectivity index (χ3v) is 2.94. The van der Waals surface area contributed by atoms with Crippen LogP contribution in [-0.2, 0) is 19.2 Å². The van der Waals surface area contributed by atoms with Crippen LogP contribution in [0.25, 0.3) is 0 Å². The molecule has 0 aromatic heterocycles. The molecule has 0 bridgehead atoms.